The molecule has 0 aliphatic rings. The topological polar surface area (TPSA) is 55.1 Å². The molecule has 3 rings (SSSR count). The highest BCUT2D eigenvalue weighted by atomic mass is 35.5. The van der Waals surface area contributed by atoms with Crippen molar-refractivity contribution >= 4 is 58.0 Å². The van der Waals surface area contributed by atoms with E-state index in [1.807, 2.05) is 12.1 Å². The van der Waals surface area contributed by atoms with Crippen molar-refractivity contribution in [2.45, 2.75) is 12.8 Å². The minimum Gasteiger partial charge on any atom is -0.441 e. The van der Waals surface area contributed by atoms with E-state index < -0.39 is 0 Å². The number of oxazole rings is 1. The number of hydrogen-bond acceptors (Lipinski definition) is 3. The van der Waals surface area contributed by atoms with E-state index in [-0.39, 0.29) is 12.3 Å². The summed E-state index contributed by atoms with van der Waals surface area (Å²) in [7, 11) is 0. The van der Waals surface area contributed by atoms with Crippen LogP contribution in [0.2, 0.25) is 20.1 Å². The first-order valence-corrected chi connectivity index (χ1v) is 9.08. The van der Waals surface area contributed by atoms with Gasteiger partial charge in [-0.2, -0.15) is 0 Å². The minimum atomic E-state index is -0.239. The summed E-state index contributed by atoms with van der Waals surface area (Å²) in [5.41, 5.74) is 1.26. The van der Waals surface area contributed by atoms with Crippen LogP contribution >= 0.6 is 46.4 Å². The Bertz CT molecular complexity index is 939. The van der Waals surface area contributed by atoms with E-state index in [9.17, 15) is 4.79 Å². The lowest BCUT2D eigenvalue weighted by Gasteiger charge is -2.08. The molecule has 4 nitrogen and oxygen atoms in total. The maximum absolute atomic E-state index is 12.1. The Hall–Kier alpha value is -1.72. The molecule has 3 aromatic rings. The predicted octanol–water partition coefficient (Wildman–Crippen LogP) is 6.53. The van der Waals surface area contributed by atoms with Crippen LogP contribution in [-0.4, -0.2) is 10.9 Å². The van der Waals surface area contributed by atoms with Crippen LogP contribution in [0.1, 0.15) is 12.3 Å². The summed E-state index contributed by atoms with van der Waals surface area (Å²) in [6.45, 7) is 0. The summed E-state index contributed by atoms with van der Waals surface area (Å²) >= 11 is 23.7. The first-order chi connectivity index (χ1) is 12.4. The van der Waals surface area contributed by atoms with E-state index in [1.54, 1.807) is 18.3 Å². The number of anilines is 1. The van der Waals surface area contributed by atoms with Gasteiger partial charge in [-0.05, 0) is 36.4 Å². The Morgan fingerprint density at radius 2 is 1.69 bits per heavy atom. The third-order valence-corrected chi connectivity index (χ3v) is 4.82. The molecule has 0 unspecified atom stereocenters. The van der Waals surface area contributed by atoms with E-state index in [0.29, 0.717) is 43.8 Å². The molecule has 0 saturated heterocycles. The van der Waals surface area contributed by atoms with Crippen LogP contribution in [0, 0.1) is 0 Å². The maximum atomic E-state index is 12.1. The molecule has 0 bridgehead atoms. The fraction of sp³-hybridized carbons (Fsp3) is 0.111. The van der Waals surface area contributed by atoms with E-state index in [4.69, 9.17) is 50.8 Å². The summed E-state index contributed by atoms with van der Waals surface area (Å²) in [6, 6.07) is 10.2. The highest BCUT2D eigenvalue weighted by Crippen LogP contribution is 2.32. The molecule has 134 valence electrons. The number of carbonyl (C=O) groups is 1. The zero-order chi connectivity index (χ0) is 18.7. The smallest absolute Gasteiger partial charge is 0.224 e. The number of nitrogens with zero attached hydrogens (tertiary/aromatic N) is 1. The molecule has 1 amide bonds. The Labute approximate surface area is 170 Å². The van der Waals surface area contributed by atoms with Crippen LogP contribution in [0.15, 0.2) is 47.0 Å². The Morgan fingerprint density at radius 3 is 2.42 bits per heavy atom. The van der Waals surface area contributed by atoms with Crippen molar-refractivity contribution in [2.75, 3.05) is 5.32 Å². The largest absolute Gasteiger partial charge is 0.441 e. The van der Waals surface area contributed by atoms with Gasteiger partial charge in [0.1, 0.15) is 0 Å². The van der Waals surface area contributed by atoms with Crippen molar-refractivity contribution in [3.8, 4) is 11.3 Å². The third kappa shape index (κ3) is 4.71. The van der Waals surface area contributed by atoms with Gasteiger partial charge in [0.2, 0.25) is 5.91 Å². The van der Waals surface area contributed by atoms with Crippen LogP contribution in [-0.2, 0) is 11.2 Å². The summed E-state index contributed by atoms with van der Waals surface area (Å²) < 4.78 is 5.67. The molecule has 0 saturated carbocycles. The second-order valence-corrected chi connectivity index (χ2v) is 7.08. The first-order valence-electron chi connectivity index (χ1n) is 7.57. The number of hydrogen-bond donors (Lipinski definition) is 1. The number of benzene rings is 2. The predicted molar refractivity (Wildman–Crippen MR) is 105 cm³/mol. The van der Waals surface area contributed by atoms with Crippen LogP contribution in [0.4, 0.5) is 5.69 Å². The summed E-state index contributed by atoms with van der Waals surface area (Å²) in [5, 5.41) is 4.29. The number of aryl methyl sites for hydroxylation is 1. The van der Waals surface area contributed by atoms with Crippen LogP contribution < -0.4 is 5.32 Å². The zero-order valence-electron chi connectivity index (χ0n) is 13.2. The molecule has 0 aliphatic carbocycles. The van der Waals surface area contributed by atoms with Gasteiger partial charge in [0.15, 0.2) is 11.7 Å². The fourth-order valence-corrected chi connectivity index (χ4v) is 2.95. The lowest BCUT2D eigenvalue weighted by molar-refractivity contribution is -0.116. The van der Waals surface area contributed by atoms with Crippen molar-refractivity contribution in [1.82, 2.24) is 4.98 Å². The van der Waals surface area contributed by atoms with E-state index in [2.05, 4.69) is 10.3 Å². The van der Waals surface area contributed by atoms with Crippen molar-refractivity contribution in [1.29, 1.82) is 0 Å². The number of halogens is 4. The average molecular weight is 430 g/mol. The molecule has 8 heteroatoms. The molecular formula is C18H12Cl4N2O2. The average Bonchev–Trinajstić information content (AvgIpc) is 3.07. The van der Waals surface area contributed by atoms with Gasteiger partial charge >= 0.3 is 0 Å². The van der Waals surface area contributed by atoms with Crippen molar-refractivity contribution < 1.29 is 9.21 Å². The molecule has 0 atom stereocenters. The molecule has 0 radical (unpaired) electrons. The standard InChI is InChI=1S/C18H12Cl4N2O2/c19-11-3-1-10(2-4-11)16-9-23-18(26-16)6-5-17(25)24-15-8-13(21)12(20)7-14(15)22/h1-4,7-9H,5-6H2,(H,24,25). The quantitative estimate of drug-likeness (QED) is 0.469. The summed E-state index contributed by atoms with van der Waals surface area (Å²) in [5.74, 6) is 0.839. The highest BCUT2D eigenvalue weighted by Gasteiger charge is 2.12. The summed E-state index contributed by atoms with van der Waals surface area (Å²) in [4.78, 5) is 16.3. The summed E-state index contributed by atoms with van der Waals surface area (Å²) in [6.07, 6.45) is 2.14. The van der Waals surface area contributed by atoms with Crippen LogP contribution in [0.25, 0.3) is 11.3 Å². The van der Waals surface area contributed by atoms with Crippen molar-refractivity contribution in [3.63, 3.8) is 0 Å². The van der Waals surface area contributed by atoms with Gasteiger partial charge < -0.3 is 9.73 Å². The number of aromatic nitrogens is 1. The fourth-order valence-electron chi connectivity index (χ4n) is 2.22. The Kier molecular flexibility index (Phi) is 6.09. The lowest BCUT2D eigenvalue weighted by Crippen LogP contribution is -2.12. The Morgan fingerprint density at radius 1 is 1.00 bits per heavy atom. The van der Waals surface area contributed by atoms with E-state index in [1.165, 1.54) is 12.1 Å². The number of rotatable bonds is 5. The second-order valence-electron chi connectivity index (χ2n) is 5.42. The lowest BCUT2D eigenvalue weighted by atomic mass is 10.2. The molecule has 1 N–H and O–H groups in total. The van der Waals surface area contributed by atoms with E-state index in [0.717, 1.165) is 5.56 Å². The first kappa shape index (κ1) is 19.1. The van der Waals surface area contributed by atoms with Crippen LogP contribution in [0.3, 0.4) is 0 Å². The molecule has 26 heavy (non-hydrogen) atoms. The monoisotopic (exact) mass is 428 g/mol. The highest BCUT2D eigenvalue weighted by molar-refractivity contribution is 6.44. The number of nitrogens with one attached hydrogen (secondary N) is 1. The normalized spacial score (nSPS) is 10.8. The number of carbonyl (C=O) groups excluding carboxylic acids is 1. The molecular weight excluding hydrogens is 418 g/mol. The van der Waals surface area contributed by atoms with Gasteiger partial charge in [-0.1, -0.05) is 46.4 Å². The van der Waals surface area contributed by atoms with Gasteiger partial charge in [0, 0.05) is 23.4 Å². The Balaban J connectivity index is 1.60. The second kappa shape index (κ2) is 8.31. The van der Waals surface area contributed by atoms with Gasteiger partial charge in [0.05, 0.1) is 27.0 Å². The number of amides is 1. The van der Waals surface area contributed by atoms with Gasteiger partial charge in [-0.15, -0.1) is 0 Å². The van der Waals surface area contributed by atoms with Gasteiger partial charge in [0.25, 0.3) is 0 Å². The molecule has 2 aromatic carbocycles. The third-order valence-electron chi connectivity index (χ3n) is 3.53. The SMILES string of the molecule is O=C(CCc1ncc(-c2ccc(Cl)cc2)o1)Nc1cc(Cl)c(Cl)cc1Cl. The zero-order valence-corrected chi connectivity index (χ0v) is 16.3. The minimum absolute atomic E-state index is 0.178. The van der Waals surface area contributed by atoms with Crippen molar-refractivity contribution in [2.24, 2.45) is 0 Å². The van der Waals surface area contributed by atoms with Crippen molar-refractivity contribution in [3.05, 3.63) is 68.6 Å². The molecule has 0 aliphatic heterocycles. The molecule has 1 aromatic heterocycles. The van der Waals surface area contributed by atoms with Gasteiger partial charge in [-0.3, -0.25) is 4.79 Å². The molecule has 1 heterocycles. The molecule has 0 fully saturated rings. The van der Waals surface area contributed by atoms with Crippen LogP contribution in [0.5, 0.6) is 0 Å². The maximum Gasteiger partial charge on any atom is 0.224 e. The molecule has 0 spiro atoms. The van der Waals surface area contributed by atoms with E-state index >= 15 is 0 Å². The van der Waals surface area contributed by atoms with Gasteiger partial charge in [-0.25, -0.2) is 4.98 Å².